The Morgan fingerprint density at radius 1 is 1.06 bits per heavy atom. The largest absolute Gasteiger partial charge is 0.344 e. The van der Waals surface area contributed by atoms with Gasteiger partial charge in [-0.05, 0) is 29.0 Å². The second-order valence-electron chi connectivity index (χ2n) is 7.78. The summed E-state index contributed by atoms with van der Waals surface area (Å²) < 4.78 is 5.40. The maximum atomic E-state index is 12.7. The molecule has 2 heterocycles. The summed E-state index contributed by atoms with van der Waals surface area (Å²) in [6, 6.07) is 17.8. The molecule has 4 aromatic rings. The standard InChI is InChI=1S/C23H24N6O2/c1-15(2)12-19(23-27-22(29-31-23)21-24-14-25-28-21)26-20(30)13-16-8-10-18(11-9-16)17-6-4-3-5-7-17/h3-11,14-15,19H,12-13H2,1-2H3,(H,26,30)(H,24,25,28). The molecule has 2 aromatic heterocycles. The Morgan fingerprint density at radius 3 is 2.48 bits per heavy atom. The number of rotatable bonds is 8. The summed E-state index contributed by atoms with van der Waals surface area (Å²) in [4.78, 5) is 21.2. The zero-order valence-electron chi connectivity index (χ0n) is 17.4. The summed E-state index contributed by atoms with van der Waals surface area (Å²) in [5, 5.41) is 13.5. The molecule has 0 aliphatic rings. The Kier molecular flexibility index (Phi) is 6.16. The molecule has 0 aliphatic carbocycles. The van der Waals surface area contributed by atoms with Gasteiger partial charge < -0.3 is 9.84 Å². The van der Waals surface area contributed by atoms with Crippen molar-refractivity contribution in [1.82, 2.24) is 30.6 Å². The van der Waals surface area contributed by atoms with Gasteiger partial charge in [0.05, 0.1) is 6.42 Å². The second-order valence-corrected chi connectivity index (χ2v) is 7.78. The highest BCUT2D eigenvalue weighted by Crippen LogP contribution is 2.23. The van der Waals surface area contributed by atoms with Gasteiger partial charge in [-0.1, -0.05) is 73.6 Å². The van der Waals surface area contributed by atoms with Crippen molar-refractivity contribution in [3.63, 3.8) is 0 Å². The molecular weight excluding hydrogens is 392 g/mol. The van der Waals surface area contributed by atoms with Gasteiger partial charge in [-0.2, -0.15) is 10.1 Å². The maximum absolute atomic E-state index is 12.7. The number of amides is 1. The lowest BCUT2D eigenvalue weighted by molar-refractivity contribution is -0.121. The van der Waals surface area contributed by atoms with Crippen LogP contribution in [0.4, 0.5) is 0 Å². The molecular formula is C23H24N6O2. The first kappa shape index (κ1) is 20.5. The van der Waals surface area contributed by atoms with Crippen LogP contribution in [0, 0.1) is 5.92 Å². The fourth-order valence-electron chi connectivity index (χ4n) is 3.36. The normalized spacial score (nSPS) is 12.1. The van der Waals surface area contributed by atoms with E-state index >= 15 is 0 Å². The minimum Gasteiger partial charge on any atom is -0.344 e. The number of hydrogen-bond donors (Lipinski definition) is 2. The van der Waals surface area contributed by atoms with E-state index in [0.717, 1.165) is 16.7 Å². The third kappa shape index (κ3) is 5.22. The third-order valence-corrected chi connectivity index (χ3v) is 4.83. The Labute approximate surface area is 180 Å². The van der Waals surface area contributed by atoms with Crippen LogP contribution in [0.3, 0.4) is 0 Å². The molecule has 0 spiro atoms. The molecule has 0 saturated carbocycles. The molecule has 31 heavy (non-hydrogen) atoms. The zero-order valence-corrected chi connectivity index (χ0v) is 17.4. The molecule has 0 saturated heterocycles. The monoisotopic (exact) mass is 416 g/mol. The first-order chi connectivity index (χ1) is 15.1. The van der Waals surface area contributed by atoms with E-state index in [1.807, 2.05) is 42.5 Å². The molecule has 0 aliphatic heterocycles. The lowest BCUT2D eigenvalue weighted by Crippen LogP contribution is -2.31. The van der Waals surface area contributed by atoms with E-state index < -0.39 is 0 Å². The topological polar surface area (TPSA) is 110 Å². The van der Waals surface area contributed by atoms with Crippen LogP contribution in [-0.2, 0) is 11.2 Å². The molecule has 1 atom stereocenters. The molecule has 0 bridgehead atoms. The second kappa shape index (κ2) is 9.34. The lowest BCUT2D eigenvalue weighted by Gasteiger charge is -2.17. The Balaban J connectivity index is 1.43. The Hall–Kier alpha value is -3.81. The fraction of sp³-hybridized carbons (Fsp3) is 0.261. The van der Waals surface area contributed by atoms with E-state index in [4.69, 9.17) is 4.52 Å². The van der Waals surface area contributed by atoms with Crippen molar-refractivity contribution in [2.24, 2.45) is 5.92 Å². The molecule has 0 fully saturated rings. The maximum Gasteiger partial charge on any atom is 0.249 e. The summed E-state index contributed by atoms with van der Waals surface area (Å²) in [6.45, 7) is 4.16. The van der Waals surface area contributed by atoms with Crippen LogP contribution in [0.25, 0.3) is 22.8 Å². The van der Waals surface area contributed by atoms with Crippen molar-refractivity contribution in [3.8, 4) is 22.8 Å². The van der Waals surface area contributed by atoms with Crippen molar-refractivity contribution >= 4 is 5.91 Å². The number of hydrogen-bond acceptors (Lipinski definition) is 6. The van der Waals surface area contributed by atoms with Crippen LogP contribution < -0.4 is 5.32 Å². The van der Waals surface area contributed by atoms with E-state index in [9.17, 15) is 4.79 Å². The van der Waals surface area contributed by atoms with Crippen molar-refractivity contribution in [2.45, 2.75) is 32.7 Å². The van der Waals surface area contributed by atoms with Crippen molar-refractivity contribution in [2.75, 3.05) is 0 Å². The molecule has 158 valence electrons. The van der Waals surface area contributed by atoms with Crippen LogP contribution in [0.5, 0.6) is 0 Å². The van der Waals surface area contributed by atoms with Crippen molar-refractivity contribution in [1.29, 1.82) is 0 Å². The molecule has 2 aromatic carbocycles. The first-order valence-electron chi connectivity index (χ1n) is 10.2. The van der Waals surface area contributed by atoms with E-state index in [1.54, 1.807) is 0 Å². The number of aromatic nitrogens is 5. The smallest absolute Gasteiger partial charge is 0.249 e. The van der Waals surface area contributed by atoms with Gasteiger partial charge in [0.1, 0.15) is 12.4 Å². The van der Waals surface area contributed by atoms with E-state index in [1.165, 1.54) is 6.33 Å². The quantitative estimate of drug-likeness (QED) is 0.450. The van der Waals surface area contributed by atoms with Gasteiger partial charge in [0.2, 0.25) is 17.6 Å². The highest BCUT2D eigenvalue weighted by Gasteiger charge is 2.23. The highest BCUT2D eigenvalue weighted by atomic mass is 16.5. The minimum absolute atomic E-state index is 0.0995. The highest BCUT2D eigenvalue weighted by molar-refractivity contribution is 5.79. The van der Waals surface area contributed by atoms with E-state index in [0.29, 0.717) is 29.9 Å². The average molecular weight is 416 g/mol. The number of H-pyrrole nitrogens is 1. The molecule has 1 unspecified atom stereocenters. The zero-order chi connectivity index (χ0) is 21.6. The number of nitrogens with one attached hydrogen (secondary N) is 2. The number of carbonyl (C=O) groups excluding carboxylic acids is 1. The number of carbonyl (C=O) groups is 1. The molecule has 1 amide bonds. The predicted molar refractivity (Wildman–Crippen MR) is 116 cm³/mol. The number of benzene rings is 2. The molecule has 2 N–H and O–H groups in total. The van der Waals surface area contributed by atoms with Crippen molar-refractivity contribution < 1.29 is 9.32 Å². The van der Waals surface area contributed by atoms with Gasteiger partial charge in [0, 0.05) is 0 Å². The minimum atomic E-state index is -0.375. The third-order valence-electron chi connectivity index (χ3n) is 4.83. The van der Waals surface area contributed by atoms with Crippen LogP contribution >= 0.6 is 0 Å². The van der Waals surface area contributed by atoms with Gasteiger partial charge in [-0.3, -0.25) is 9.89 Å². The first-order valence-corrected chi connectivity index (χ1v) is 10.2. The van der Waals surface area contributed by atoms with Crippen LogP contribution in [-0.4, -0.2) is 31.2 Å². The van der Waals surface area contributed by atoms with Crippen LogP contribution in [0.1, 0.15) is 37.8 Å². The van der Waals surface area contributed by atoms with Crippen LogP contribution in [0.2, 0.25) is 0 Å². The summed E-state index contributed by atoms with van der Waals surface area (Å²) >= 11 is 0. The number of nitrogens with zero attached hydrogens (tertiary/aromatic N) is 4. The van der Waals surface area contributed by atoms with Gasteiger partial charge in [0.25, 0.3) is 0 Å². The SMILES string of the molecule is CC(C)CC(NC(=O)Cc1ccc(-c2ccccc2)cc1)c1nc(-c2ncn[nH]2)no1. The lowest BCUT2D eigenvalue weighted by atomic mass is 10.0. The summed E-state index contributed by atoms with van der Waals surface area (Å²) in [5.74, 6) is 1.32. The molecule has 8 nitrogen and oxygen atoms in total. The van der Waals surface area contributed by atoms with Gasteiger partial charge in [-0.15, -0.1) is 0 Å². The van der Waals surface area contributed by atoms with E-state index in [-0.39, 0.29) is 18.4 Å². The van der Waals surface area contributed by atoms with E-state index in [2.05, 4.69) is 56.6 Å². The van der Waals surface area contributed by atoms with Gasteiger partial charge in [-0.25, -0.2) is 4.98 Å². The van der Waals surface area contributed by atoms with Crippen LogP contribution in [0.15, 0.2) is 65.4 Å². The Bertz CT molecular complexity index is 1100. The predicted octanol–water partition coefficient (Wildman–Crippen LogP) is 3.97. The summed E-state index contributed by atoms with van der Waals surface area (Å²) in [7, 11) is 0. The average Bonchev–Trinajstić information content (AvgIpc) is 3.46. The molecule has 4 rings (SSSR count). The number of aromatic amines is 1. The Morgan fingerprint density at radius 2 is 1.81 bits per heavy atom. The van der Waals surface area contributed by atoms with Gasteiger partial charge in [0.15, 0.2) is 5.82 Å². The van der Waals surface area contributed by atoms with Gasteiger partial charge >= 0.3 is 0 Å². The summed E-state index contributed by atoms with van der Waals surface area (Å²) in [5.41, 5.74) is 3.20. The molecule has 8 heteroatoms. The fourth-order valence-corrected chi connectivity index (χ4v) is 3.36. The summed E-state index contributed by atoms with van der Waals surface area (Å²) in [6.07, 6.45) is 2.32. The molecule has 0 radical (unpaired) electrons. The van der Waals surface area contributed by atoms with Crippen molar-refractivity contribution in [3.05, 3.63) is 72.4 Å².